The van der Waals surface area contributed by atoms with Crippen molar-refractivity contribution in [2.24, 2.45) is 5.73 Å². The molecular weight excluding hydrogens is 232 g/mol. The first-order valence-corrected chi connectivity index (χ1v) is 6.59. The number of piperidine rings is 1. The van der Waals surface area contributed by atoms with E-state index in [1.807, 2.05) is 6.92 Å². The minimum atomic E-state index is -0.842. The van der Waals surface area contributed by atoms with Crippen LogP contribution in [0.2, 0.25) is 0 Å². The minimum absolute atomic E-state index is 0.0568. The molecule has 0 aromatic rings. The van der Waals surface area contributed by atoms with Gasteiger partial charge in [-0.15, -0.1) is 0 Å². The molecule has 1 heterocycles. The zero-order valence-electron chi connectivity index (χ0n) is 11.6. The van der Waals surface area contributed by atoms with Crippen molar-refractivity contribution in [2.45, 2.75) is 57.5 Å². The van der Waals surface area contributed by atoms with Gasteiger partial charge in [-0.2, -0.15) is 0 Å². The second-order valence-corrected chi connectivity index (χ2v) is 5.20. The maximum atomic E-state index is 12.4. The molecular formula is C13H24N2O3. The van der Waals surface area contributed by atoms with Crippen molar-refractivity contribution in [1.82, 2.24) is 4.90 Å². The van der Waals surface area contributed by atoms with Crippen LogP contribution in [-0.4, -0.2) is 42.0 Å². The van der Waals surface area contributed by atoms with Crippen LogP contribution in [-0.2, 0) is 14.3 Å². The van der Waals surface area contributed by atoms with Crippen LogP contribution >= 0.6 is 0 Å². The summed E-state index contributed by atoms with van der Waals surface area (Å²) in [6.07, 6.45) is 3.72. The highest BCUT2D eigenvalue weighted by Gasteiger charge is 2.36. The Bertz CT molecular complexity index is 315. The molecule has 1 fully saturated rings. The molecule has 5 heteroatoms. The quantitative estimate of drug-likeness (QED) is 0.763. The van der Waals surface area contributed by atoms with Gasteiger partial charge in [-0.1, -0.05) is 6.92 Å². The molecule has 1 aliphatic heterocycles. The van der Waals surface area contributed by atoms with Gasteiger partial charge in [-0.25, -0.2) is 0 Å². The van der Waals surface area contributed by atoms with Gasteiger partial charge in [-0.3, -0.25) is 9.59 Å². The Kier molecular flexibility index (Phi) is 5.14. The molecule has 2 unspecified atom stereocenters. The number of esters is 1. The largest absolute Gasteiger partial charge is 0.469 e. The van der Waals surface area contributed by atoms with E-state index in [-0.39, 0.29) is 24.3 Å². The van der Waals surface area contributed by atoms with Crippen LogP contribution in [0.15, 0.2) is 0 Å². The van der Waals surface area contributed by atoms with Gasteiger partial charge in [0.2, 0.25) is 5.91 Å². The molecule has 0 bridgehead atoms. The molecule has 0 aliphatic carbocycles. The monoisotopic (exact) mass is 256 g/mol. The summed E-state index contributed by atoms with van der Waals surface area (Å²) in [5.74, 6) is -0.325. The highest BCUT2D eigenvalue weighted by atomic mass is 16.5. The lowest BCUT2D eigenvalue weighted by Gasteiger charge is -2.39. The van der Waals surface area contributed by atoms with Gasteiger partial charge in [-0.05, 0) is 32.6 Å². The zero-order chi connectivity index (χ0) is 13.8. The van der Waals surface area contributed by atoms with Gasteiger partial charge in [0.05, 0.1) is 19.1 Å². The molecule has 18 heavy (non-hydrogen) atoms. The fourth-order valence-electron chi connectivity index (χ4n) is 2.24. The summed E-state index contributed by atoms with van der Waals surface area (Å²) >= 11 is 0. The number of likely N-dealkylation sites (tertiary alicyclic amines) is 1. The normalized spacial score (nSPS) is 23.3. The van der Waals surface area contributed by atoms with Crippen molar-refractivity contribution in [3.8, 4) is 0 Å². The van der Waals surface area contributed by atoms with Crippen LogP contribution in [0, 0.1) is 0 Å². The van der Waals surface area contributed by atoms with Crippen LogP contribution in [0.1, 0.15) is 46.0 Å². The van der Waals surface area contributed by atoms with Crippen molar-refractivity contribution in [3.63, 3.8) is 0 Å². The lowest BCUT2D eigenvalue weighted by atomic mass is 9.93. The van der Waals surface area contributed by atoms with Gasteiger partial charge in [0.15, 0.2) is 0 Å². The maximum Gasteiger partial charge on any atom is 0.307 e. The smallest absolute Gasteiger partial charge is 0.307 e. The van der Waals surface area contributed by atoms with E-state index in [0.717, 1.165) is 19.3 Å². The second-order valence-electron chi connectivity index (χ2n) is 5.20. The molecule has 104 valence electrons. The summed E-state index contributed by atoms with van der Waals surface area (Å²) < 4.78 is 4.68. The van der Waals surface area contributed by atoms with Crippen LogP contribution in [0.3, 0.4) is 0 Å². The average Bonchev–Trinajstić information content (AvgIpc) is 2.38. The van der Waals surface area contributed by atoms with Gasteiger partial charge < -0.3 is 15.4 Å². The van der Waals surface area contributed by atoms with Crippen molar-refractivity contribution < 1.29 is 14.3 Å². The number of hydrogen-bond donors (Lipinski definition) is 1. The maximum absolute atomic E-state index is 12.4. The number of nitrogens with zero attached hydrogens (tertiary/aromatic N) is 1. The molecule has 0 aromatic carbocycles. The molecule has 0 aromatic heterocycles. The van der Waals surface area contributed by atoms with Crippen LogP contribution in [0.4, 0.5) is 0 Å². The fraction of sp³-hybridized carbons (Fsp3) is 0.846. The molecule has 1 amide bonds. The van der Waals surface area contributed by atoms with E-state index in [4.69, 9.17) is 5.73 Å². The van der Waals surface area contributed by atoms with Crippen molar-refractivity contribution in [2.75, 3.05) is 13.7 Å². The molecule has 1 saturated heterocycles. The number of ether oxygens (including phenoxy) is 1. The third kappa shape index (κ3) is 3.45. The van der Waals surface area contributed by atoms with Crippen LogP contribution < -0.4 is 5.73 Å². The summed E-state index contributed by atoms with van der Waals surface area (Å²) in [6, 6.07) is -0.0619. The van der Waals surface area contributed by atoms with Gasteiger partial charge in [0.25, 0.3) is 0 Å². The SMILES string of the molecule is CCC(C)(N)C(=O)N1CCCCC1CC(=O)OC. The fourth-order valence-corrected chi connectivity index (χ4v) is 2.24. The Morgan fingerprint density at radius 3 is 2.67 bits per heavy atom. The molecule has 0 saturated carbocycles. The highest BCUT2D eigenvalue weighted by molar-refractivity contribution is 5.86. The van der Waals surface area contributed by atoms with E-state index in [1.54, 1.807) is 11.8 Å². The Morgan fingerprint density at radius 1 is 1.44 bits per heavy atom. The highest BCUT2D eigenvalue weighted by Crippen LogP contribution is 2.23. The number of carbonyl (C=O) groups excluding carboxylic acids is 2. The predicted molar refractivity (Wildman–Crippen MR) is 68.9 cm³/mol. The van der Waals surface area contributed by atoms with Crippen LogP contribution in [0.25, 0.3) is 0 Å². The van der Waals surface area contributed by atoms with Crippen molar-refractivity contribution >= 4 is 11.9 Å². The van der Waals surface area contributed by atoms with E-state index in [9.17, 15) is 9.59 Å². The molecule has 1 rings (SSSR count). The molecule has 2 atom stereocenters. The summed E-state index contributed by atoms with van der Waals surface area (Å²) in [5.41, 5.74) is 5.17. The standard InChI is InChI=1S/C13H24N2O3/c1-4-13(2,14)12(17)15-8-6-5-7-10(15)9-11(16)18-3/h10H,4-9,14H2,1-3H3. The van der Waals surface area contributed by atoms with Gasteiger partial charge in [0, 0.05) is 12.6 Å². The van der Waals surface area contributed by atoms with E-state index in [1.165, 1.54) is 7.11 Å². The number of nitrogens with two attached hydrogens (primary N) is 1. The number of rotatable bonds is 4. The van der Waals surface area contributed by atoms with E-state index < -0.39 is 5.54 Å². The Balaban J connectivity index is 2.76. The Labute approximate surface area is 109 Å². The Morgan fingerprint density at radius 2 is 2.11 bits per heavy atom. The van der Waals surface area contributed by atoms with Crippen LogP contribution in [0.5, 0.6) is 0 Å². The van der Waals surface area contributed by atoms with Gasteiger partial charge >= 0.3 is 5.97 Å². The summed E-state index contributed by atoms with van der Waals surface area (Å²) in [7, 11) is 1.37. The lowest BCUT2D eigenvalue weighted by molar-refractivity contribution is -0.146. The van der Waals surface area contributed by atoms with E-state index >= 15 is 0 Å². The summed E-state index contributed by atoms with van der Waals surface area (Å²) in [6.45, 7) is 4.34. The van der Waals surface area contributed by atoms with Crippen molar-refractivity contribution in [1.29, 1.82) is 0 Å². The Hall–Kier alpha value is -1.10. The predicted octanol–water partition coefficient (Wildman–Crippen LogP) is 1.06. The number of methoxy groups -OCH3 is 1. The molecule has 2 N–H and O–H groups in total. The first-order valence-electron chi connectivity index (χ1n) is 6.59. The zero-order valence-corrected chi connectivity index (χ0v) is 11.6. The average molecular weight is 256 g/mol. The van der Waals surface area contributed by atoms with E-state index in [0.29, 0.717) is 13.0 Å². The number of carbonyl (C=O) groups is 2. The first-order chi connectivity index (χ1) is 8.42. The molecule has 0 radical (unpaired) electrons. The topological polar surface area (TPSA) is 72.6 Å². The summed E-state index contributed by atoms with van der Waals surface area (Å²) in [5, 5.41) is 0. The third-order valence-electron chi connectivity index (χ3n) is 3.74. The van der Waals surface area contributed by atoms with E-state index in [2.05, 4.69) is 4.74 Å². The minimum Gasteiger partial charge on any atom is -0.469 e. The molecule has 1 aliphatic rings. The summed E-state index contributed by atoms with van der Waals surface area (Å²) in [4.78, 5) is 25.5. The number of amides is 1. The number of hydrogen-bond acceptors (Lipinski definition) is 4. The van der Waals surface area contributed by atoms with Crippen molar-refractivity contribution in [3.05, 3.63) is 0 Å². The lowest BCUT2D eigenvalue weighted by Crippen LogP contribution is -2.57. The second kappa shape index (κ2) is 6.18. The third-order valence-corrected chi connectivity index (χ3v) is 3.74. The molecule has 5 nitrogen and oxygen atoms in total. The molecule has 0 spiro atoms. The first kappa shape index (κ1) is 15.0. The van der Waals surface area contributed by atoms with Gasteiger partial charge in [0.1, 0.15) is 0 Å².